The summed E-state index contributed by atoms with van der Waals surface area (Å²) in [6.45, 7) is 6.18. The number of rotatable bonds is 6. The van der Waals surface area contributed by atoms with E-state index in [0.29, 0.717) is 22.8 Å². The molecule has 2 N–H and O–H groups in total. The normalized spacial score (nSPS) is 11.9. The summed E-state index contributed by atoms with van der Waals surface area (Å²) in [4.78, 5) is 8.71. The second-order valence-corrected chi connectivity index (χ2v) is 5.55. The topological polar surface area (TPSA) is 59.1 Å². The first-order valence-electron chi connectivity index (χ1n) is 7.24. The molecule has 1 heterocycles. The van der Waals surface area contributed by atoms with Gasteiger partial charge in [-0.05, 0) is 38.0 Å². The van der Waals surface area contributed by atoms with Crippen molar-refractivity contribution in [3.8, 4) is 5.75 Å². The Morgan fingerprint density at radius 3 is 2.82 bits per heavy atom. The molecule has 1 atom stereocenters. The summed E-state index contributed by atoms with van der Waals surface area (Å²) in [5.41, 5.74) is 1.74. The van der Waals surface area contributed by atoms with Crippen molar-refractivity contribution in [2.24, 2.45) is 0 Å². The Bertz CT molecular complexity index is 648. The smallest absolute Gasteiger partial charge is 0.229 e. The Hall–Kier alpha value is -2.01. The molecule has 0 aliphatic carbocycles. The van der Waals surface area contributed by atoms with Crippen LogP contribution in [0.5, 0.6) is 5.75 Å². The Labute approximate surface area is 136 Å². The zero-order valence-electron chi connectivity index (χ0n) is 13.3. The van der Waals surface area contributed by atoms with Gasteiger partial charge in [-0.1, -0.05) is 18.5 Å². The first-order valence-corrected chi connectivity index (χ1v) is 7.62. The highest BCUT2D eigenvalue weighted by Crippen LogP contribution is 2.32. The first kappa shape index (κ1) is 16.4. The first-order chi connectivity index (χ1) is 10.5. The number of halogens is 1. The van der Waals surface area contributed by atoms with Crippen molar-refractivity contribution in [2.75, 3.05) is 17.7 Å². The van der Waals surface area contributed by atoms with E-state index in [0.717, 1.165) is 23.5 Å². The van der Waals surface area contributed by atoms with Gasteiger partial charge in [-0.15, -0.1) is 0 Å². The minimum Gasteiger partial charge on any atom is -0.495 e. The Morgan fingerprint density at radius 1 is 1.36 bits per heavy atom. The molecule has 0 saturated carbocycles. The molecule has 1 aromatic heterocycles. The maximum Gasteiger partial charge on any atom is 0.229 e. The molecule has 0 bridgehead atoms. The van der Waals surface area contributed by atoms with Gasteiger partial charge in [0.15, 0.2) is 0 Å². The number of hydrogen-bond acceptors (Lipinski definition) is 5. The molecule has 6 heteroatoms. The van der Waals surface area contributed by atoms with Crippen LogP contribution in [0.3, 0.4) is 0 Å². The highest BCUT2D eigenvalue weighted by Gasteiger charge is 2.09. The van der Waals surface area contributed by atoms with Crippen molar-refractivity contribution >= 4 is 29.1 Å². The molecule has 1 unspecified atom stereocenters. The van der Waals surface area contributed by atoms with E-state index >= 15 is 0 Å². The van der Waals surface area contributed by atoms with Crippen LogP contribution in [0.4, 0.5) is 17.5 Å². The molecular weight excluding hydrogens is 300 g/mol. The summed E-state index contributed by atoms with van der Waals surface area (Å²) in [7, 11) is 1.61. The average Bonchev–Trinajstić information content (AvgIpc) is 2.51. The van der Waals surface area contributed by atoms with Crippen molar-refractivity contribution in [1.82, 2.24) is 9.97 Å². The quantitative estimate of drug-likeness (QED) is 0.826. The molecule has 0 aliphatic rings. The molecule has 0 radical (unpaired) electrons. The minimum atomic E-state index is 0.357. The molecule has 0 spiro atoms. The SMILES string of the molecule is CCC(C)Nc1ccnc(Nc2cc(C)c(Cl)cc2OC)n1. The third-order valence-electron chi connectivity index (χ3n) is 3.39. The fourth-order valence-electron chi connectivity index (χ4n) is 1.90. The number of benzene rings is 1. The predicted octanol–water partition coefficient (Wildman–Crippen LogP) is 4.40. The lowest BCUT2D eigenvalue weighted by molar-refractivity contribution is 0.416. The van der Waals surface area contributed by atoms with Gasteiger partial charge in [0.25, 0.3) is 0 Å². The average molecular weight is 321 g/mol. The summed E-state index contributed by atoms with van der Waals surface area (Å²) in [5, 5.41) is 7.16. The molecule has 0 aliphatic heterocycles. The molecule has 2 rings (SSSR count). The van der Waals surface area contributed by atoms with Gasteiger partial charge in [-0.25, -0.2) is 4.98 Å². The summed E-state index contributed by atoms with van der Waals surface area (Å²) < 4.78 is 5.35. The number of aromatic nitrogens is 2. The second kappa shape index (κ2) is 7.31. The van der Waals surface area contributed by atoms with Crippen LogP contribution < -0.4 is 15.4 Å². The van der Waals surface area contributed by atoms with Crippen LogP contribution in [0.1, 0.15) is 25.8 Å². The Morgan fingerprint density at radius 2 is 2.14 bits per heavy atom. The van der Waals surface area contributed by atoms with E-state index in [4.69, 9.17) is 16.3 Å². The van der Waals surface area contributed by atoms with Crippen LogP contribution in [0.2, 0.25) is 5.02 Å². The zero-order chi connectivity index (χ0) is 16.1. The van der Waals surface area contributed by atoms with E-state index in [9.17, 15) is 0 Å². The number of nitrogens with one attached hydrogen (secondary N) is 2. The predicted molar refractivity (Wildman–Crippen MR) is 91.4 cm³/mol. The molecule has 1 aromatic carbocycles. The van der Waals surface area contributed by atoms with Crippen LogP contribution >= 0.6 is 11.6 Å². The zero-order valence-corrected chi connectivity index (χ0v) is 14.0. The van der Waals surface area contributed by atoms with Crippen molar-refractivity contribution in [3.05, 3.63) is 35.0 Å². The van der Waals surface area contributed by atoms with Crippen molar-refractivity contribution in [1.29, 1.82) is 0 Å². The molecule has 118 valence electrons. The van der Waals surface area contributed by atoms with E-state index in [1.165, 1.54) is 0 Å². The van der Waals surface area contributed by atoms with E-state index in [-0.39, 0.29) is 0 Å². The molecular formula is C16H21ClN4O. The monoisotopic (exact) mass is 320 g/mol. The molecule has 0 amide bonds. The molecule has 5 nitrogen and oxygen atoms in total. The van der Waals surface area contributed by atoms with Crippen LogP contribution in [0, 0.1) is 6.92 Å². The number of aryl methyl sites for hydroxylation is 1. The van der Waals surface area contributed by atoms with Crippen LogP contribution in [-0.4, -0.2) is 23.1 Å². The Balaban J connectivity index is 2.24. The lowest BCUT2D eigenvalue weighted by atomic mass is 10.2. The number of anilines is 3. The van der Waals surface area contributed by atoms with Gasteiger partial charge in [-0.2, -0.15) is 4.98 Å². The van der Waals surface area contributed by atoms with Crippen LogP contribution in [-0.2, 0) is 0 Å². The highest BCUT2D eigenvalue weighted by atomic mass is 35.5. The summed E-state index contributed by atoms with van der Waals surface area (Å²) in [6.07, 6.45) is 2.74. The summed E-state index contributed by atoms with van der Waals surface area (Å²) in [5.74, 6) is 1.95. The number of nitrogens with zero attached hydrogens (tertiary/aromatic N) is 2. The maximum atomic E-state index is 6.12. The molecule has 0 fully saturated rings. The van der Waals surface area contributed by atoms with E-state index < -0.39 is 0 Å². The fourth-order valence-corrected chi connectivity index (χ4v) is 2.06. The third-order valence-corrected chi connectivity index (χ3v) is 3.80. The standard InChI is InChI=1S/C16H21ClN4O/c1-5-11(3)19-15-6-7-18-16(21-15)20-13-8-10(2)12(17)9-14(13)22-4/h6-9,11H,5H2,1-4H3,(H2,18,19,20,21). The molecule has 0 saturated heterocycles. The Kier molecular flexibility index (Phi) is 5.44. The van der Waals surface area contributed by atoms with Gasteiger partial charge in [0.2, 0.25) is 5.95 Å². The number of methoxy groups -OCH3 is 1. The lowest BCUT2D eigenvalue weighted by Crippen LogP contribution is -2.15. The highest BCUT2D eigenvalue weighted by molar-refractivity contribution is 6.31. The van der Waals surface area contributed by atoms with E-state index in [1.807, 2.05) is 19.1 Å². The van der Waals surface area contributed by atoms with Gasteiger partial charge in [0.1, 0.15) is 11.6 Å². The van der Waals surface area contributed by atoms with Gasteiger partial charge in [0.05, 0.1) is 12.8 Å². The minimum absolute atomic E-state index is 0.357. The van der Waals surface area contributed by atoms with Crippen LogP contribution in [0.25, 0.3) is 0 Å². The lowest BCUT2D eigenvalue weighted by Gasteiger charge is -2.14. The van der Waals surface area contributed by atoms with Crippen molar-refractivity contribution in [3.63, 3.8) is 0 Å². The van der Waals surface area contributed by atoms with E-state index in [2.05, 4.69) is 34.4 Å². The number of hydrogen-bond donors (Lipinski definition) is 2. The van der Waals surface area contributed by atoms with Gasteiger partial charge >= 0.3 is 0 Å². The fraction of sp³-hybridized carbons (Fsp3) is 0.375. The maximum absolute atomic E-state index is 6.12. The second-order valence-electron chi connectivity index (χ2n) is 5.15. The van der Waals surface area contributed by atoms with Crippen molar-refractivity contribution < 1.29 is 4.74 Å². The van der Waals surface area contributed by atoms with Crippen molar-refractivity contribution in [2.45, 2.75) is 33.2 Å². The summed E-state index contributed by atoms with van der Waals surface area (Å²) in [6, 6.07) is 5.90. The van der Waals surface area contributed by atoms with Gasteiger partial charge in [-0.3, -0.25) is 0 Å². The molecule has 2 aromatic rings. The summed E-state index contributed by atoms with van der Waals surface area (Å²) >= 11 is 6.12. The number of ether oxygens (including phenoxy) is 1. The molecule has 22 heavy (non-hydrogen) atoms. The van der Waals surface area contributed by atoms with E-state index in [1.54, 1.807) is 19.4 Å². The largest absolute Gasteiger partial charge is 0.495 e. The van der Waals surface area contributed by atoms with Gasteiger partial charge in [0, 0.05) is 23.3 Å². The van der Waals surface area contributed by atoms with Crippen LogP contribution in [0.15, 0.2) is 24.4 Å². The third kappa shape index (κ3) is 4.01. The van der Waals surface area contributed by atoms with Gasteiger partial charge < -0.3 is 15.4 Å².